The summed E-state index contributed by atoms with van der Waals surface area (Å²) >= 11 is 5.72. The monoisotopic (exact) mass is 336 g/mol. The fourth-order valence-electron chi connectivity index (χ4n) is 1.47. The smallest absolute Gasteiger partial charge is 0.242 e. The molecular weight excluding hydrogens is 319 g/mol. The van der Waals surface area contributed by atoms with Crippen LogP contribution in [0.3, 0.4) is 0 Å². The zero-order valence-corrected chi connectivity index (χ0v) is 13.3. The second-order valence-electron chi connectivity index (χ2n) is 4.54. The molecule has 0 amide bonds. The van der Waals surface area contributed by atoms with Gasteiger partial charge in [0.2, 0.25) is 10.0 Å². The third-order valence-electron chi connectivity index (χ3n) is 2.31. The van der Waals surface area contributed by atoms with E-state index < -0.39 is 15.8 Å². The van der Waals surface area contributed by atoms with Crippen LogP contribution in [0.4, 0.5) is 4.39 Å². The molecule has 4 N–H and O–H groups in total. The molecule has 118 valence electrons. The molecule has 0 bridgehead atoms. The maximum absolute atomic E-state index is 12.9. The van der Waals surface area contributed by atoms with Crippen molar-refractivity contribution in [3.8, 4) is 0 Å². The molecule has 0 radical (unpaired) electrons. The molecule has 9 heteroatoms. The molecule has 0 atom stereocenters. The van der Waals surface area contributed by atoms with Crippen LogP contribution in [0.25, 0.3) is 0 Å². The highest BCUT2D eigenvalue weighted by Crippen LogP contribution is 2.21. The van der Waals surface area contributed by atoms with Gasteiger partial charge in [0.25, 0.3) is 0 Å². The molecule has 1 rings (SSSR count). The number of hydrogen-bond acceptors (Lipinski definition) is 3. The fourth-order valence-corrected chi connectivity index (χ4v) is 3.02. The van der Waals surface area contributed by atoms with Gasteiger partial charge in [-0.2, -0.15) is 0 Å². The minimum atomic E-state index is -3.81. The maximum atomic E-state index is 12.9. The highest BCUT2D eigenvalue weighted by Gasteiger charge is 2.17. The van der Waals surface area contributed by atoms with Crippen LogP contribution in [0.1, 0.15) is 13.8 Å². The van der Waals surface area contributed by atoms with Crippen LogP contribution in [-0.2, 0) is 10.0 Å². The van der Waals surface area contributed by atoms with Crippen LogP contribution >= 0.6 is 11.6 Å². The number of rotatable bonds is 6. The van der Waals surface area contributed by atoms with Crippen LogP contribution in [0.2, 0.25) is 5.02 Å². The molecule has 6 nitrogen and oxygen atoms in total. The predicted molar refractivity (Wildman–Crippen MR) is 81.4 cm³/mol. The van der Waals surface area contributed by atoms with Crippen molar-refractivity contribution in [3.63, 3.8) is 0 Å². The van der Waals surface area contributed by atoms with Crippen molar-refractivity contribution in [1.29, 1.82) is 0 Å². The second kappa shape index (κ2) is 7.58. The number of hydrogen-bond donors (Lipinski definition) is 3. The van der Waals surface area contributed by atoms with E-state index in [-0.39, 0.29) is 35.0 Å². The summed E-state index contributed by atoms with van der Waals surface area (Å²) in [7, 11) is -3.81. The van der Waals surface area contributed by atoms with E-state index in [0.29, 0.717) is 0 Å². The van der Waals surface area contributed by atoms with Crippen LogP contribution in [0.15, 0.2) is 28.1 Å². The number of halogens is 2. The summed E-state index contributed by atoms with van der Waals surface area (Å²) in [5.41, 5.74) is 5.58. The molecule has 0 aliphatic carbocycles. The lowest BCUT2D eigenvalue weighted by Gasteiger charge is -2.09. The van der Waals surface area contributed by atoms with E-state index in [2.05, 4.69) is 15.0 Å². The predicted octanol–water partition coefficient (Wildman–Crippen LogP) is 1.07. The number of nitrogens with two attached hydrogens (primary N) is 1. The topological polar surface area (TPSA) is 96.6 Å². The lowest BCUT2D eigenvalue weighted by atomic mass is 10.3. The average Bonchev–Trinajstić information content (AvgIpc) is 2.33. The first-order valence-electron chi connectivity index (χ1n) is 6.23. The van der Waals surface area contributed by atoms with Crippen LogP contribution in [0.5, 0.6) is 0 Å². The molecule has 0 heterocycles. The Balaban J connectivity index is 2.62. The van der Waals surface area contributed by atoms with Crippen molar-refractivity contribution in [1.82, 2.24) is 10.0 Å². The van der Waals surface area contributed by atoms with Gasteiger partial charge in [-0.15, -0.1) is 0 Å². The van der Waals surface area contributed by atoms with Gasteiger partial charge in [-0.05, 0) is 32.0 Å². The van der Waals surface area contributed by atoms with Gasteiger partial charge in [-0.3, -0.25) is 4.99 Å². The van der Waals surface area contributed by atoms with Gasteiger partial charge in [-0.1, -0.05) is 11.6 Å². The zero-order chi connectivity index (χ0) is 16.0. The maximum Gasteiger partial charge on any atom is 0.242 e. The standard InChI is InChI=1S/C12H18ClFN4O2S/c1-8(2)18-12(15)16-5-6-17-21(19,20)11-4-3-9(14)7-10(11)13/h3-4,7-8,17H,5-6H2,1-2H3,(H3,15,16,18). The molecule has 0 aromatic heterocycles. The Morgan fingerprint density at radius 3 is 2.71 bits per heavy atom. The number of benzene rings is 1. The van der Waals surface area contributed by atoms with E-state index in [1.807, 2.05) is 13.8 Å². The second-order valence-corrected chi connectivity index (χ2v) is 6.68. The minimum Gasteiger partial charge on any atom is -0.370 e. The van der Waals surface area contributed by atoms with Gasteiger partial charge < -0.3 is 11.1 Å². The van der Waals surface area contributed by atoms with Gasteiger partial charge >= 0.3 is 0 Å². The Labute approximate surface area is 128 Å². The number of aliphatic imine (C=N–C) groups is 1. The van der Waals surface area contributed by atoms with E-state index in [0.717, 1.165) is 18.2 Å². The lowest BCUT2D eigenvalue weighted by Crippen LogP contribution is -2.37. The first-order valence-corrected chi connectivity index (χ1v) is 8.09. The van der Waals surface area contributed by atoms with Crippen molar-refractivity contribution < 1.29 is 12.8 Å². The molecule has 0 spiro atoms. The molecule has 0 saturated carbocycles. The van der Waals surface area contributed by atoms with Gasteiger partial charge in [-0.25, -0.2) is 17.5 Å². The highest BCUT2D eigenvalue weighted by atomic mass is 35.5. The Morgan fingerprint density at radius 1 is 1.48 bits per heavy atom. The van der Waals surface area contributed by atoms with Crippen molar-refractivity contribution in [2.24, 2.45) is 10.7 Å². The van der Waals surface area contributed by atoms with E-state index >= 15 is 0 Å². The van der Waals surface area contributed by atoms with Crippen molar-refractivity contribution in [2.45, 2.75) is 24.8 Å². The normalized spacial score (nSPS) is 12.7. The molecule has 1 aromatic rings. The third kappa shape index (κ3) is 5.86. The molecule has 0 saturated heterocycles. The summed E-state index contributed by atoms with van der Waals surface area (Å²) in [5.74, 6) is -0.361. The van der Waals surface area contributed by atoms with Crippen molar-refractivity contribution in [3.05, 3.63) is 29.0 Å². The first kappa shape index (κ1) is 17.7. The molecule has 0 fully saturated rings. The van der Waals surface area contributed by atoms with Gasteiger partial charge in [0.1, 0.15) is 10.7 Å². The van der Waals surface area contributed by atoms with Crippen LogP contribution in [0, 0.1) is 5.82 Å². The Morgan fingerprint density at radius 2 is 2.14 bits per heavy atom. The molecular formula is C12H18ClFN4O2S. The summed E-state index contributed by atoms with van der Waals surface area (Å²) in [6.07, 6.45) is 0. The number of nitrogens with zero attached hydrogens (tertiary/aromatic N) is 1. The van der Waals surface area contributed by atoms with E-state index in [9.17, 15) is 12.8 Å². The first-order chi connectivity index (χ1) is 9.72. The van der Waals surface area contributed by atoms with Crippen molar-refractivity contribution >= 4 is 27.6 Å². The number of sulfonamides is 1. The van der Waals surface area contributed by atoms with Gasteiger partial charge in [0.15, 0.2) is 5.96 Å². The summed E-state index contributed by atoms with van der Waals surface area (Å²) < 4.78 is 39.2. The number of nitrogens with one attached hydrogen (secondary N) is 2. The van der Waals surface area contributed by atoms with E-state index in [4.69, 9.17) is 17.3 Å². The molecule has 0 aliphatic rings. The average molecular weight is 337 g/mol. The molecule has 0 unspecified atom stereocenters. The number of guanidine groups is 1. The summed E-state index contributed by atoms with van der Waals surface area (Å²) in [4.78, 5) is 3.78. The quantitative estimate of drug-likeness (QED) is 0.411. The molecule has 1 aromatic carbocycles. The van der Waals surface area contributed by atoms with Crippen LogP contribution in [-0.4, -0.2) is 33.5 Å². The summed E-state index contributed by atoms with van der Waals surface area (Å²) in [6, 6.07) is 3.23. The summed E-state index contributed by atoms with van der Waals surface area (Å²) in [6.45, 7) is 4.03. The lowest BCUT2D eigenvalue weighted by molar-refractivity contribution is 0.581. The molecule has 0 aliphatic heterocycles. The van der Waals surface area contributed by atoms with Crippen molar-refractivity contribution in [2.75, 3.05) is 13.1 Å². The highest BCUT2D eigenvalue weighted by molar-refractivity contribution is 7.89. The van der Waals surface area contributed by atoms with Gasteiger partial charge in [0, 0.05) is 12.6 Å². The Kier molecular flexibility index (Phi) is 6.38. The zero-order valence-electron chi connectivity index (χ0n) is 11.7. The Hall–Kier alpha value is -1.38. The minimum absolute atomic E-state index is 0.0521. The fraction of sp³-hybridized carbons (Fsp3) is 0.417. The van der Waals surface area contributed by atoms with E-state index in [1.165, 1.54) is 0 Å². The van der Waals surface area contributed by atoms with E-state index in [1.54, 1.807) is 0 Å². The van der Waals surface area contributed by atoms with Gasteiger partial charge in [0.05, 0.1) is 11.6 Å². The molecule has 21 heavy (non-hydrogen) atoms. The largest absolute Gasteiger partial charge is 0.370 e. The third-order valence-corrected chi connectivity index (χ3v) is 4.25. The Bertz CT molecular complexity index is 620. The van der Waals surface area contributed by atoms with Crippen LogP contribution < -0.4 is 15.8 Å². The SMILES string of the molecule is CC(C)NC(N)=NCCNS(=O)(=O)c1ccc(F)cc1Cl. The summed E-state index contributed by atoms with van der Waals surface area (Å²) in [5, 5.41) is 2.70.